The van der Waals surface area contributed by atoms with Gasteiger partial charge in [-0.3, -0.25) is 0 Å². The van der Waals surface area contributed by atoms with Crippen LogP contribution in [0.1, 0.15) is 20.7 Å². The Labute approximate surface area is 142 Å². The summed E-state index contributed by atoms with van der Waals surface area (Å²) in [5.74, 6) is -2.58. The van der Waals surface area contributed by atoms with E-state index in [1.165, 1.54) is 39.5 Å². The highest BCUT2D eigenvalue weighted by molar-refractivity contribution is 5.95. The average molecular weight is 348 g/mol. The maximum Gasteiger partial charge on any atom is 0.335 e. The molecule has 0 saturated heterocycles. The molecule has 0 aromatic heterocycles. The second-order valence-corrected chi connectivity index (χ2v) is 4.95. The van der Waals surface area contributed by atoms with Gasteiger partial charge in [0.25, 0.3) is 0 Å². The molecular weight excluding hydrogens is 332 g/mol. The second kappa shape index (κ2) is 7.00. The highest BCUT2D eigenvalue weighted by atomic mass is 16.5. The van der Waals surface area contributed by atoms with Crippen LogP contribution in [0.5, 0.6) is 23.0 Å². The molecule has 0 aliphatic rings. The monoisotopic (exact) mass is 348 g/mol. The lowest BCUT2D eigenvalue weighted by atomic mass is 9.97. The number of carbonyl (C=O) groups is 2. The predicted molar refractivity (Wildman–Crippen MR) is 87.1 cm³/mol. The summed E-state index contributed by atoms with van der Waals surface area (Å²) in [7, 11) is 3.99. The molecular formula is C17H16O8. The van der Waals surface area contributed by atoms with Crippen LogP contribution in [0, 0.1) is 0 Å². The summed E-state index contributed by atoms with van der Waals surface area (Å²) in [6.45, 7) is 0. The minimum atomic E-state index is -1.26. The van der Waals surface area contributed by atoms with Crippen LogP contribution in [0.2, 0.25) is 0 Å². The molecule has 2 aromatic carbocycles. The van der Waals surface area contributed by atoms with Crippen molar-refractivity contribution in [2.24, 2.45) is 0 Å². The van der Waals surface area contributed by atoms with E-state index >= 15 is 0 Å². The summed E-state index contributed by atoms with van der Waals surface area (Å²) < 4.78 is 15.6. The smallest absolute Gasteiger partial charge is 0.335 e. The van der Waals surface area contributed by atoms with E-state index in [0.29, 0.717) is 0 Å². The van der Waals surface area contributed by atoms with Gasteiger partial charge in [-0.25, -0.2) is 9.59 Å². The topological polar surface area (TPSA) is 123 Å². The Balaban J connectivity index is 2.91. The van der Waals surface area contributed by atoms with Crippen molar-refractivity contribution in [3.63, 3.8) is 0 Å². The summed E-state index contributed by atoms with van der Waals surface area (Å²) in [5.41, 5.74) is 0.0534. The van der Waals surface area contributed by atoms with Crippen molar-refractivity contribution in [1.82, 2.24) is 0 Å². The molecule has 2 aromatic rings. The quantitative estimate of drug-likeness (QED) is 0.727. The standard InChI is InChI=1S/C17H16O8/c1-23-13-7-9(17(21)22)5-11(15(13)25-3)10-4-8(16(19)20)6-12(18)14(10)24-2/h4-7,18H,1-3H3,(H,19,20)(H,21,22). The minimum Gasteiger partial charge on any atom is -0.504 e. The maximum absolute atomic E-state index is 11.4. The van der Waals surface area contributed by atoms with E-state index in [2.05, 4.69) is 0 Å². The summed E-state index contributed by atoms with van der Waals surface area (Å²) in [5, 5.41) is 28.6. The molecule has 0 aliphatic carbocycles. The number of carboxylic acid groups (broad SMARTS) is 2. The van der Waals surface area contributed by atoms with Gasteiger partial charge in [0.1, 0.15) is 0 Å². The molecule has 0 heterocycles. The SMILES string of the molecule is COc1cc(C(=O)O)cc(-c2cc(C(=O)O)cc(O)c2OC)c1OC. The Morgan fingerprint density at radius 1 is 0.760 bits per heavy atom. The fourth-order valence-corrected chi connectivity index (χ4v) is 2.44. The fourth-order valence-electron chi connectivity index (χ4n) is 2.44. The molecule has 25 heavy (non-hydrogen) atoms. The first-order valence-electron chi connectivity index (χ1n) is 6.98. The third-order valence-electron chi connectivity index (χ3n) is 3.54. The van der Waals surface area contributed by atoms with E-state index in [9.17, 15) is 24.9 Å². The molecule has 0 spiro atoms. The zero-order valence-electron chi connectivity index (χ0n) is 13.7. The first-order valence-corrected chi connectivity index (χ1v) is 6.98. The zero-order valence-corrected chi connectivity index (χ0v) is 13.7. The minimum absolute atomic E-state index is 0.0205. The van der Waals surface area contributed by atoms with E-state index in [0.717, 1.165) is 6.07 Å². The number of hydrogen-bond donors (Lipinski definition) is 3. The van der Waals surface area contributed by atoms with Crippen LogP contribution in [0.15, 0.2) is 24.3 Å². The van der Waals surface area contributed by atoms with Gasteiger partial charge in [0.2, 0.25) is 0 Å². The van der Waals surface area contributed by atoms with Crippen LogP contribution < -0.4 is 14.2 Å². The van der Waals surface area contributed by atoms with Gasteiger partial charge < -0.3 is 29.5 Å². The van der Waals surface area contributed by atoms with Gasteiger partial charge in [-0.15, -0.1) is 0 Å². The van der Waals surface area contributed by atoms with Gasteiger partial charge >= 0.3 is 11.9 Å². The molecule has 0 amide bonds. The first kappa shape index (κ1) is 17.9. The van der Waals surface area contributed by atoms with Crippen molar-refractivity contribution in [2.75, 3.05) is 21.3 Å². The predicted octanol–water partition coefficient (Wildman–Crippen LogP) is 2.48. The lowest BCUT2D eigenvalue weighted by Crippen LogP contribution is -2.03. The summed E-state index contributed by atoms with van der Waals surface area (Å²) in [6, 6.07) is 4.85. The van der Waals surface area contributed by atoms with Crippen LogP contribution in [-0.2, 0) is 0 Å². The number of phenolic OH excluding ortho intramolecular Hbond substituents is 1. The van der Waals surface area contributed by atoms with Crippen molar-refractivity contribution >= 4 is 11.9 Å². The molecule has 132 valence electrons. The molecule has 0 fully saturated rings. The lowest BCUT2D eigenvalue weighted by Gasteiger charge is -2.17. The van der Waals surface area contributed by atoms with Gasteiger partial charge in [-0.05, 0) is 24.3 Å². The molecule has 0 aliphatic heterocycles. The van der Waals surface area contributed by atoms with Gasteiger partial charge in [0.05, 0.1) is 32.5 Å². The third kappa shape index (κ3) is 3.27. The van der Waals surface area contributed by atoms with E-state index in [1.807, 2.05) is 0 Å². The normalized spacial score (nSPS) is 10.2. The van der Waals surface area contributed by atoms with Gasteiger partial charge in [0, 0.05) is 11.1 Å². The number of aromatic hydroxyl groups is 1. The molecule has 0 unspecified atom stereocenters. The Morgan fingerprint density at radius 2 is 1.24 bits per heavy atom. The highest BCUT2D eigenvalue weighted by Crippen LogP contribution is 2.46. The van der Waals surface area contributed by atoms with E-state index < -0.39 is 17.7 Å². The molecule has 3 N–H and O–H groups in total. The molecule has 8 nitrogen and oxygen atoms in total. The van der Waals surface area contributed by atoms with Crippen molar-refractivity contribution in [3.8, 4) is 34.1 Å². The van der Waals surface area contributed by atoms with Crippen molar-refractivity contribution < 1.29 is 39.1 Å². The molecule has 2 rings (SSSR count). The first-order chi connectivity index (χ1) is 11.8. The Bertz CT molecular complexity index is 841. The lowest BCUT2D eigenvalue weighted by molar-refractivity contribution is 0.0685. The van der Waals surface area contributed by atoms with Gasteiger partial charge in [-0.2, -0.15) is 0 Å². The zero-order chi connectivity index (χ0) is 18.7. The number of ether oxygens (including phenoxy) is 3. The molecule has 8 heteroatoms. The molecule has 0 atom stereocenters. The largest absolute Gasteiger partial charge is 0.504 e. The maximum atomic E-state index is 11.4. The van der Waals surface area contributed by atoms with Crippen molar-refractivity contribution in [2.45, 2.75) is 0 Å². The number of benzene rings is 2. The summed E-state index contributed by atoms with van der Waals surface area (Å²) >= 11 is 0. The second-order valence-electron chi connectivity index (χ2n) is 4.95. The van der Waals surface area contributed by atoms with Crippen molar-refractivity contribution in [3.05, 3.63) is 35.4 Å². The average Bonchev–Trinajstić information content (AvgIpc) is 2.59. The number of carboxylic acids is 2. The molecule has 0 saturated carbocycles. The number of phenols is 1. The summed E-state index contributed by atoms with van der Waals surface area (Å²) in [6.07, 6.45) is 0. The van der Waals surface area contributed by atoms with Crippen LogP contribution in [-0.4, -0.2) is 48.6 Å². The van der Waals surface area contributed by atoms with Crippen LogP contribution >= 0.6 is 0 Å². The van der Waals surface area contributed by atoms with Gasteiger partial charge in [0.15, 0.2) is 23.0 Å². The van der Waals surface area contributed by atoms with E-state index in [4.69, 9.17) is 14.2 Å². The third-order valence-corrected chi connectivity index (χ3v) is 3.54. The Hall–Kier alpha value is -3.42. The van der Waals surface area contributed by atoms with Crippen LogP contribution in [0.25, 0.3) is 11.1 Å². The van der Waals surface area contributed by atoms with Gasteiger partial charge in [-0.1, -0.05) is 0 Å². The highest BCUT2D eigenvalue weighted by Gasteiger charge is 2.23. The number of aromatic carboxylic acids is 2. The van der Waals surface area contributed by atoms with Crippen molar-refractivity contribution in [1.29, 1.82) is 0 Å². The Morgan fingerprint density at radius 3 is 1.68 bits per heavy atom. The van der Waals surface area contributed by atoms with E-state index in [1.54, 1.807) is 0 Å². The molecule has 0 bridgehead atoms. The number of methoxy groups -OCH3 is 3. The Kier molecular flexibility index (Phi) is 5.02. The van der Waals surface area contributed by atoms with Crippen LogP contribution in [0.3, 0.4) is 0 Å². The summed E-state index contributed by atoms with van der Waals surface area (Å²) in [4.78, 5) is 22.7. The number of rotatable bonds is 6. The fraction of sp³-hybridized carbons (Fsp3) is 0.176. The van der Waals surface area contributed by atoms with E-state index in [-0.39, 0.29) is 39.5 Å². The molecule has 0 radical (unpaired) electrons. The number of hydrogen-bond acceptors (Lipinski definition) is 6. The van der Waals surface area contributed by atoms with Crippen LogP contribution in [0.4, 0.5) is 0 Å².